The van der Waals surface area contributed by atoms with Crippen LogP contribution in [0.1, 0.15) is 12.5 Å². The molecule has 0 bridgehead atoms. The predicted octanol–water partition coefficient (Wildman–Crippen LogP) is 1.69. The molecule has 0 saturated carbocycles. The monoisotopic (exact) mass is 223 g/mol. The quantitative estimate of drug-likeness (QED) is 0.609. The maximum absolute atomic E-state index is 10.8. The van der Waals surface area contributed by atoms with E-state index in [2.05, 4.69) is 0 Å². The molecular weight excluding hydrogens is 206 g/mol. The van der Waals surface area contributed by atoms with Gasteiger partial charge in [0.15, 0.2) is 0 Å². The van der Waals surface area contributed by atoms with Crippen molar-refractivity contribution in [3.05, 3.63) is 33.9 Å². The number of nitro groups is 1. The van der Waals surface area contributed by atoms with E-state index < -0.39 is 0 Å². The lowest BCUT2D eigenvalue weighted by Gasteiger charge is -2.22. The van der Waals surface area contributed by atoms with Gasteiger partial charge in [-0.1, -0.05) is 6.07 Å². The van der Waals surface area contributed by atoms with Gasteiger partial charge in [0.2, 0.25) is 0 Å². The summed E-state index contributed by atoms with van der Waals surface area (Å²) in [5.41, 5.74) is 7.19. The summed E-state index contributed by atoms with van der Waals surface area (Å²) >= 11 is 0. The zero-order valence-electron chi connectivity index (χ0n) is 9.64. The molecule has 0 aliphatic heterocycles. The minimum absolute atomic E-state index is 0.160. The maximum Gasteiger partial charge on any atom is 0.274 e. The summed E-state index contributed by atoms with van der Waals surface area (Å²) in [6, 6.07) is 5.27. The summed E-state index contributed by atoms with van der Waals surface area (Å²) in [6.45, 7) is 5.77. The number of anilines is 1. The van der Waals surface area contributed by atoms with Crippen molar-refractivity contribution in [1.82, 2.24) is 0 Å². The molecule has 0 heterocycles. The topological polar surface area (TPSA) is 72.4 Å². The Morgan fingerprint density at radius 2 is 2.19 bits per heavy atom. The van der Waals surface area contributed by atoms with E-state index in [-0.39, 0.29) is 10.6 Å². The third kappa shape index (κ3) is 2.70. The molecule has 0 saturated heterocycles. The molecule has 88 valence electrons. The van der Waals surface area contributed by atoms with Crippen LogP contribution in [0.5, 0.6) is 0 Å². The standard InChI is InChI=1S/C11H17N3O2/c1-3-13(7-6-12)10-5-4-9(2)11(8-10)14(15)16/h4-5,8H,3,6-7,12H2,1-2H3. The van der Waals surface area contributed by atoms with E-state index in [4.69, 9.17) is 5.73 Å². The van der Waals surface area contributed by atoms with Crippen LogP contribution in [0.3, 0.4) is 0 Å². The third-order valence-electron chi connectivity index (χ3n) is 2.54. The minimum atomic E-state index is -0.352. The highest BCUT2D eigenvalue weighted by Gasteiger charge is 2.13. The van der Waals surface area contributed by atoms with Crippen LogP contribution < -0.4 is 10.6 Å². The number of aryl methyl sites for hydroxylation is 1. The van der Waals surface area contributed by atoms with Gasteiger partial charge in [-0.3, -0.25) is 10.1 Å². The normalized spacial score (nSPS) is 10.2. The number of nitrogens with two attached hydrogens (primary N) is 1. The van der Waals surface area contributed by atoms with E-state index in [1.54, 1.807) is 19.1 Å². The fraction of sp³-hybridized carbons (Fsp3) is 0.455. The van der Waals surface area contributed by atoms with Gasteiger partial charge < -0.3 is 10.6 Å². The van der Waals surface area contributed by atoms with Crippen LogP contribution in [0.4, 0.5) is 11.4 Å². The van der Waals surface area contributed by atoms with Crippen molar-refractivity contribution in [1.29, 1.82) is 0 Å². The number of hydrogen-bond acceptors (Lipinski definition) is 4. The third-order valence-corrected chi connectivity index (χ3v) is 2.54. The fourth-order valence-electron chi connectivity index (χ4n) is 1.62. The molecule has 0 spiro atoms. The fourth-order valence-corrected chi connectivity index (χ4v) is 1.62. The summed E-state index contributed by atoms with van der Waals surface area (Å²) in [5, 5.41) is 10.8. The second-order valence-electron chi connectivity index (χ2n) is 3.60. The van der Waals surface area contributed by atoms with Crippen LogP contribution in [0, 0.1) is 17.0 Å². The summed E-state index contributed by atoms with van der Waals surface area (Å²) in [7, 11) is 0. The average Bonchev–Trinajstić information content (AvgIpc) is 2.26. The Morgan fingerprint density at radius 3 is 2.69 bits per heavy atom. The van der Waals surface area contributed by atoms with Gasteiger partial charge >= 0.3 is 0 Å². The molecular formula is C11H17N3O2. The maximum atomic E-state index is 10.8. The second kappa shape index (κ2) is 5.46. The van der Waals surface area contributed by atoms with Crippen LogP contribution in [0.25, 0.3) is 0 Å². The highest BCUT2D eigenvalue weighted by molar-refractivity contribution is 5.56. The molecule has 0 aliphatic carbocycles. The zero-order chi connectivity index (χ0) is 12.1. The molecule has 0 unspecified atom stereocenters. The summed E-state index contributed by atoms with van der Waals surface area (Å²) in [5.74, 6) is 0. The number of nitrogens with zero attached hydrogens (tertiary/aromatic N) is 2. The van der Waals surface area contributed by atoms with E-state index in [1.807, 2.05) is 17.9 Å². The lowest BCUT2D eigenvalue weighted by atomic mass is 10.1. The van der Waals surface area contributed by atoms with E-state index in [1.165, 1.54) is 0 Å². The zero-order valence-corrected chi connectivity index (χ0v) is 9.64. The Kier molecular flexibility index (Phi) is 4.25. The highest BCUT2D eigenvalue weighted by atomic mass is 16.6. The van der Waals surface area contributed by atoms with Gasteiger partial charge in [0, 0.05) is 37.0 Å². The van der Waals surface area contributed by atoms with Gasteiger partial charge in [0.1, 0.15) is 0 Å². The Hall–Kier alpha value is -1.62. The molecule has 0 aliphatic rings. The number of hydrogen-bond donors (Lipinski definition) is 1. The van der Waals surface area contributed by atoms with Crippen molar-refractivity contribution >= 4 is 11.4 Å². The van der Waals surface area contributed by atoms with Crippen LogP contribution in [0.15, 0.2) is 18.2 Å². The molecule has 1 rings (SSSR count). The van der Waals surface area contributed by atoms with Gasteiger partial charge in [0.05, 0.1) is 4.92 Å². The molecule has 1 aromatic carbocycles. The summed E-state index contributed by atoms with van der Waals surface area (Å²) in [6.07, 6.45) is 0. The molecule has 1 aromatic rings. The Labute approximate surface area is 95.0 Å². The van der Waals surface area contributed by atoms with Gasteiger partial charge in [-0.2, -0.15) is 0 Å². The molecule has 0 amide bonds. The van der Waals surface area contributed by atoms with Crippen molar-refractivity contribution < 1.29 is 4.92 Å². The van der Waals surface area contributed by atoms with Gasteiger partial charge in [-0.25, -0.2) is 0 Å². The lowest BCUT2D eigenvalue weighted by molar-refractivity contribution is -0.385. The minimum Gasteiger partial charge on any atom is -0.370 e. The molecule has 0 aromatic heterocycles. The molecule has 0 fully saturated rings. The molecule has 0 atom stereocenters. The first kappa shape index (κ1) is 12.4. The summed E-state index contributed by atoms with van der Waals surface area (Å²) in [4.78, 5) is 12.5. The lowest BCUT2D eigenvalue weighted by Crippen LogP contribution is -2.29. The van der Waals surface area contributed by atoms with Crippen LogP contribution in [-0.2, 0) is 0 Å². The van der Waals surface area contributed by atoms with Crippen molar-refractivity contribution in [2.24, 2.45) is 5.73 Å². The predicted molar refractivity (Wildman–Crippen MR) is 64.8 cm³/mol. The van der Waals surface area contributed by atoms with E-state index >= 15 is 0 Å². The molecule has 0 radical (unpaired) electrons. The first-order valence-electron chi connectivity index (χ1n) is 5.30. The van der Waals surface area contributed by atoms with Crippen LogP contribution in [-0.4, -0.2) is 24.6 Å². The number of nitro benzene ring substituents is 1. The molecule has 5 heteroatoms. The van der Waals surface area contributed by atoms with Crippen molar-refractivity contribution in [3.63, 3.8) is 0 Å². The van der Waals surface area contributed by atoms with Crippen molar-refractivity contribution in [2.75, 3.05) is 24.5 Å². The van der Waals surface area contributed by atoms with Crippen molar-refractivity contribution in [2.45, 2.75) is 13.8 Å². The van der Waals surface area contributed by atoms with Gasteiger partial charge in [-0.05, 0) is 19.9 Å². The second-order valence-corrected chi connectivity index (χ2v) is 3.60. The smallest absolute Gasteiger partial charge is 0.274 e. The number of rotatable bonds is 5. The first-order valence-corrected chi connectivity index (χ1v) is 5.30. The Balaban J connectivity index is 3.05. The van der Waals surface area contributed by atoms with E-state index in [9.17, 15) is 10.1 Å². The van der Waals surface area contributed by atoms with Gasteiger partial charge in [0.25, 0.3) is 5.69 Å². The Bertz CT molecular complexity index is 379. The molecule has 5 nitrogen and oxygen atoms in total. The number of likely N-dealkylation sites (N-methyl/N-ethyl adjacent to an activating group) is 1. The Morgan fingerprint density at radius 1 is 1.50 bits per heavy atom. The van der Waals surface area contributed by atoms with Gasteiger partial charge in [-0.15, -0.1) is 0 Å². The van der Waals surface area contributed by atoms with Crippen molar-refractivity contribution in [3.8, 4) is 0 Å². The summed E-state index contributed by atoms with van der Waals surface area (Å²) < 4.78 is 0. The number of benzene rings is 1. The largest absolute Gasteiger partial charge is 0.370 e. The average molecular weight is 223 g/mol. The van der Waals surface area contributed by atoms with Crippen LogP contribution >= 0.6 is 0 Å². The van der Waals surface area contributed by atoms with Crippen LogP contribution in [0.2, 0.25) is 0 Å². The molecule has 2 N–H and O–H groups in total. The van der Waals surface area contributed by atoms with E-state index in [0.29, 0.717) is 18.7 Å². The SMILES string of the molecule is CCN(CCN)c1ccc(C)c([N+](=O)[O-])c1. The van der Waals surface area contributed by atoms with E-state index in [0.717, 1.165) is 12.2 Å². The molecule has 16 heavy (non-hydrogen) atoms. The first-order chi connectivity index (χ1) is 7.60. The highest BCUT2D eigenvalue weighted by Crippen LogP contribution is 2.24.